The Morgan fingerprint density at radius 2 is 2.25 bits per heavy atom. The fourth-order valence-corrected chi connectivity index (χ4v) is 1.79. The third-order valence-corrected chi connectivity index (χ3v) is 2.57. The topological polar surface area (TPSA) is 66.4 Å². The van der Waals surface area contributed by atoms with Crippen molar-refractivity contribution in [3.63, 3.8) is 0 Å². The number of carboxylic acid groups (broad SMARTS) is 1. The maximum atomic E-state index is 12.8. The highest BCUT2D eigenvalue weighted by molar-refractivity contribution is 6.09. The van der Waals surface area contributed by atoms with E-state index in [0.29, 0.717) is 0 Å². The lowest BCUT2D eigenvalue weighted by Gasteiger charge is -2.07. The summed E-state index contributed by atoms with van der Waals surface area (Å²) in [4.78, 5) is 21.3. The van der Waals surface area contributed by atoms with Crippen LogP contribution in [0.2, 0.25) is 0 Å². The summed E-state index contributed by atoms with van der Waals surface area (Å²) in [5.41, 5.74) is -2.45. The molecule has 4 nitrogen and oxygen atoms in total. The molecule has 0 spiro atoms. The number of alkyl halides is 2. The van der Waals surface area contributed by atoms with E-state index in [4.69, 9.17) is 5.11 Å². The minimum absolute atomic E-state index is 0.238. The molecule has 6 heteroatoms. The second kappa shape index (κ2) is 1.60. The summed E-state index contributed by atoms with van der Waals surface area (Å²) in [6.45, 7) is -0.238. The number of carbonyl (C=O) groups excluding carboxylic acids is 1. The highest BCUT2D eigenvalue weighted by Gasteiger charge is 2.91. The first-order valence-electron chi connectivity index (χ1n) is 3.35. The molecule has 2 aliphatic rings. The molecular weight excluding hydrogens is 172 g/mol. The summed E-state index contributed by atoms with van der Waals surface area (Å²) in [6, 6.07) is 0. The summed E-state index contributed by atoms with van der Waals surface area (Å²) >= 11 is 0. The van der Waals surface area contributed by atoms with Crippen LogP contribution >= 0.6 is 0 Å². The van der Waals surface area contributed by atoms with E-state index in [0.717, 1.165) is 0 Å². The SMILES string of the molecule is O=C(O)C12C(=O)NCC1C2(F)F. The number of hydrogen-bond donors (Lipinski definition) is 2. The molecule has 1 aliphatic heterocycles. The van der Waals surface area contributed by atoms with E-state index < -0.39 is 29.1 Å². The molecule has 1 saturated carbocycles. The molecule has 0 bridgehead atoms. The van der Waals surface area contributed by atoms with Crippen LogP contribution in [0.5, 0.6) is 0 Å². The van der Waals surface area contributed by atoms with E-state index in [-0.39, 0.29) is 6.54 Å². The lowest BCUT2D eigenvalue weighted by Crippen LogP contribution is -2.37. The normalized spacial score (nSPS) is 41.8. The first kappa shape index (κ1) is 7.45. The molecule has 66 valence electrons. The van der Waals surface area contributed by atoms with Gasteiger partial charge >= 0.3 is 5.97 Å². The molecule has 0 aromatic carbocycles. The second-order valence-corrected chi connectivity index (χ2v) is 3.00. The van der Waals surface area contributed by atoms with E-state index in [1.54, 1.807) is 0 Å². The molecule has 2 N–H and O–H groups in total. The number of aliphatic carboxylic acids is 1. The van der Waals surface area contributed by atoms with Gasteiger partial charge in [-0.25, -0.2) is 8.78 Å². The van der Waals surface area contributed by atoms with Crippen molar-refractivity contribution in [1.29, 1.82) is 0 Å². The molecular formula is C6H5F2NO3. The van der Waals surface area contributed by atoms with Gasteiger partial charge in [0, 0.05) is 6.54 Å². The molecule has 0 radical (unpaired) electrons. The summed E-state index contributed by atoms with van der Waals surface area (Å²) in [5, 5.41) is 10.6. The number of halogens is 2. The first-order chi connectivity index (χ1) is 5.45. The Kier molecular flexibility index (Phi) is 0.991. The Morgan fingerprint density at radius 1 is 1.67 bits per heavy atom. The Balaban J connectivity index is 2.46. The number of fused-ring (bicyclic) bond motifs is 1. The number of rotatable bonds is 1. The summed E-state index contributed by atoms with van der Waals surface area (Å²) in [5.74, 6) is -7.51. The Labute approximate surface area is 65.6 Å². The van der Waals surface area contributed by atoms with Crippen LogP contribution in [0.1, 0.15) is 0 Å². The van der Waals surface area contributed by atoms with Gasteiger partial charge in [0.05, 0.1) is 5.92 Å². The van der Waals surface area contributed by atoms with Crippen molar-refractivity contribution in [2.45, 2.75) is 5.92 Å². The zero-order chi connectivity index (χ0) is 9.15. The average molecular weight is 177 g/mol. The van der Waals surface area contributed by atoms with Gasteiger partial charge in [-0.05, 0) is 0 Å². The van der Waals surface area contributed by atoms with Gasteiger partial charge in [0.1, 0.15) is 0 Å². The van der Waals surface area contributed by atoms with Gasteiger partial charge in [-0.3, -0.25) is 9.59 Å². The molecule has 0 aromatic rings. The molecule has 2 atom stereocenters. The summed E-state index contributed by atoms with van der Waals surface area (Å²) in [7, 11) is 0. The van der Waals surface area contributed by atoms with Crippen LogP contribution in [0.3, 0.4) is 0 Å². The van der Waals surface area contributed by atoms with Crippen LogP contribution in [0.15, 0.2) is 0 Å². The molecule has 1 saturated heterocycles. The maximum Gasteiger partial charge on any atom is 0.326 e. The highest BCUT2D eigenvalue weighted by Crippen LogP contribution is 2.68. The Bertz CT molecular complexity index is 291. The van der Waals surface area contributed by atoms with E-state index in [1.807, 2.05) is 0 Å². The molecule has 1 heterocycles. The standard InChI is InChI=1S/C6H5F2NO3/c7-6(8)2-1-9-3(10)5(2,6)4(11)12/h2H,1H2,(H,9,10)(H,11,12). The minimum atomic E-state index is -3.36. The molecule has 1 aliphatic carbocycles. The highest BCUT2D eigenvalue weighted by atomic mass is 19.3. The van der Waals surface area contributed by atoms with Gasteiger partial charge in [-0.1, -0.05) is 0 Å². The maximum absolute atomic E-state index is 12.8. The van der Waals surface area contributed by atoms with Crippen molar-refractivity contribution < 1.29 is 23.5 Å². The smallest absolute Gasteiger partial charge is 0.326 e. The third kappa shape index (κ3) is 0.442. The van der Waals surface area contributed by atoms with E-state index in [1.165, 1.54) is 0 Å². The number of hydrogen-bond acceptors (Lipinski definition) is 2. The Hall–Kier alpha value is -1.20. The van der Waals surface area contributed by atoms with Crippen molar-refractivity contribution in [2.75, 3.05) is 6.54 Å². The van der Waals surface area contributed by atoms with Crippen molar-refractivity contribution in [1.82, 2.24) is 5.32 Å². The minimum Gasteiger partial charge on any atom is -0.480 e. The fraction of sp³-hybridized carbons (Fsp3) is 0.667. The molecule has 12 heavy (non-hydrogen) atoms. The van der Waals surface area contributed by atoms with Crippen molar-refractivity contribution in [2.24, 2.45) is 11.3 Å². The number of carbonyl (C=O) groups is 2. The largest absolute Gasteiger partial charge is 0.480 e. The Morgan fingerprint density at radius 3 is 2.50 bits per heavy atom. The zero-order valence-electron chi connectivity index (χ0n) is 5.80. The van der Waals surface area contributed by atoms with Gasteiger partial charge in [-0.2, -0.15) is 0 Å². The van der Waals surface area contributed by atoms with E-state index in [9.17, 15) is 18.4 Å². The van der Waals surface area contributed by atoms with Gasteiger partial charge in [-0.15, -0.1) is 0 Å². The van der Waals surface area contributed by atoms with Crippen LogP contribution < -0.4 is 5.32 Å². The second-order valence-electron chi connectivity index (χ2n) is 3.00. The monoisotopic (exact) mass is 177 g/mol. The quantitative estimate of drug-likeness (QED) is 0.528. The number of carboxylic acids is 1. The van der Waals surface area contributed by atoms with Crippen LogP contribution in [0.25, 0.3) is 0 Å². The molecule has 1 amide bonds. The van der Waals surface area contributed by atoms with Crippen molar-refractivity contribution in [3.8, 4) is 0 Å². The lowest BCUT2D eigenvalue weighted by molar-refractivity contribution is -0.153. The van der Waals surface area contributed by atoms with Crippen LogP contribution in [0, 0.1) is 11.3 Å². The van der Waals surface area contributed by atoms with Crippen LogP contribution in [0.4, 0.5) is 8.78 Å². The first-order valence-corrected chi connectivity index (χ1v) is 3.35. The lowest BCUT2D eigenvalue weighted by atomic mass is 10.1. The predicted octanol–water partition coefficient (Wildman–Crippen LogP) is -0.548. The molecule has 2 rings (SSSR count). The number of piperidine rings is 1. The zero-order valence-corrected chi connectivity index (χ0v) is 5.80. The van der Waals surface area contributed by atoms with Gasteiger partial charge in [0.25, 0.3) is 5.92 Å². The molecule has 2 fully saturated rings. The van der Waals surface area contributed by atoms with Crippen LogP contribution in [-0.4, -0.2) is 29.5 Å². The summed E-state index contributed by atoms with van der Waals surface area (Å²) in [6.07, 6.45) is 0. The van der Waals surface area contributed by atoms with E-state index in [2.05, 4.69) is 5.32 Å². The van der Waals surface area contributed by atoms with Crippen LogP contribution in [-0.2, 0) is 9.59 Å². The molecule has 2 unspecified atom stereocenters. The summed E-state index contributed by atoms with van der Waals surface area (Å²) < 4.78 is 25.5. The number of nitrogens with one attached hydrogen (secondary N) is 1. The van der Waals surface area contributed by atoms with Gasteiger partial charge < -0.3 is 10.4 Å². The predicted molar refractivity (Wildman–Crippen MR) is 31.5 cm³/mol. The van der Waals surface area contributed by atoms with Crippen molar-refractivity contribution in [3.05, 3.63) is 0 Å². The number of amides is 1. The molecule has 0 aromatic heterocycles. The van der Waals surface area contributed by atoms with Gasteiger partial charge in [0.2, 0.25) is 11.3 Å². The fourth-order valence-electron chi connectivity index (χ4n) is 1.79. The van der Waals surface area contributed by atoms with Crippen molar-refractivity contribution >= 4 is 11.9 Å². The third-order valence-electron chi connectivity index (χ3n) is 2.57. The van der Waals surface area contributed by atoms with E-state index >= 15 is 0 Å². The average Bonchev–Trinajstić information content (AvgIpc) is 2.31. The van der Waals surface area contributed by atoms with Gasteiger partial charge in [0.15, 0.2) is 0 Å².